The van der Waals surface area contributed by atoms with Gasteiger partial charge in [0, 0.05) is 43.3 Å². The minimum absolute atomic E-state index is 0.182. The number of alkyl halides is 3. The van der Waals surface area contributed by atoms with Crippen LogP contribution >= 0.6 is 0 Å². The van der Waals surface area contributed by atoms with Crippen LogP contribution in [-0.4, -0.2) is 46.1 Å². The zero-order valence-corrected chi connectivity index (χ0v) is 15.8. The number of hydrogen-bond donors (Lipinski definition) is 1. The molecule has 2 unspecified atom stereocenters. The number of nitrogens with one attached hydrogen (secondary N) is 1. The minimum Gasteiger partial charge on any atom is -0.365 e. The van der Waals surface area contributed by atoms with E-state index >= 15 is 0 Å². The van der Waals surface area contributed by atoms with Crippen LogP contribution in [-0.2, 0) is 6.18 Å². The number of benzene rings is 1. The second kappa shape index (κ2) is 7.95. The summed E-state index contributed by atoms with van der Waals surface area (Å²) < 4.78 is 39.9. The topological polar surface area (TPSA) is 85.2 Å². The molecule has 1 aromatic carbocycles. The molecule has 7 nitrogen and oxygen atoms in total. The number of urea groups is 1. The number of halogens is 3. The van der Waals surface area contributed by atoms with Gasteiger partial charge in [0.25, 0.3) is 0 Å². The quantitative estimate of drug-likeness (QED) is 0.828. The Morgan fingerprint density at radius 2 is 1.90 bits per heavy atom. The molecule has 1 saturated heterocycles. The van der Waals surface area contributed by atoms with Gasteiger partial charge in [-0.25, -0.2) is 14.8 Å². The van der Waals surface area contributed by atoms with E-state index in [4.69, 9.17) is 5.26 Å². The number of anilines is 2. The lowest BCUT2D eigenvalue weighted by Crippen LogP contribution is -2.59. The molecule has 29 heavy (non-hydrogen) atoms. The molecule has 2 atom stereocenters. The largest absolute Gasteiger partial charge is 0.417 e. The van der Waals surface area contributed by atoms with E-state index in [0.717, 1.165) is 6.07 Å². The number of amides is 2. The normalized spacial score (nSPS) is 19.6. The summed E-state index contributed by atoms with van der Waals surface area (Å²) in [6, 6.07) is 6.03. The zero-order chi connectivity index (χ0) is 21.2. The molecule has 0 bridgehead atoms. The predicted octanol–water partition coefficient (Wildman–Crippen LogP) is 3.50. The summed E-state index contributed by atoms with van der Waals surface area (Å²) in [5.74, 6) is 0.182. The van der Waals surface area contributed by atoms with Crippen molar-refractivity contribution in [3.05, 3.63) is 47.8 Å². The average Bonchev–Trinajstić information content (AvgIpc) is 2.69. The van der Waals surface area contributed by atoms with Crippen LogP contribution < -0.4 is 10.2 Å². The summed E-state index contributed by atoms with van der Waals surface area (Å²) in [4.78, 5) is 23.9. The van der Waals surface area contributed by atoms with Crippen LogP contribution in [0.4, 0.5) is 29.6 Å². The van der Waals surface area contributed by atoms with Crippen molar-refractivity contribution in [3.63, 3.8) is 0 Å². The van der Waals surface area contributed by atoms with Gasteiger partial charge in [0.2, 0.25) is 5.95 Å². The minimum atomic E-state index is -4.62. The Bertz CT molecular complexity index is 928. The maximum atomic E-state index is 13.3. The van der Waals surface area contributed by atoms with E-state index < -0.39 is 17.3 Å². The van der Waals surface area contributed by atoms with Gasteiger partial charge in [-0.05, 0) is 38.1 Å². The number of aromatic nitrogens is 2. The number of rotatable bonds is 2. The van der Waals surface area contributed by atoms with Gasteiger partial charge < -0.3 is 9.80 Å². The fraction of sp³-hybridized carbons (Fsp3) is 0.368. The molecule has 0 spiro atoms. The summed E-state index contributed by atoms with van der Waals surface area (Å²) in [5.41, 5.74) is -1.01. The lowest BCUT2D eigenvalue weighted by Gasteiger charge is -2.45. The van der Waals surface area contributed by atoms with Gasteiger partial charge >= 0.3 is 12.2 Å². The first-order valence-corrected chi connectivity index (χ1v) is 8.93. The van der Waals surface area contributed by atoms with Crippen molar-refractivity contribution < 1.29 is 18.0 Å². The number of nitrogens with zero attached hydrogens (tertiary/aromatic N) is 5. The van der Waals surface area contributed by atoms with Crippen LogP contribution in [0.2, 0.25) is 0 Å². The highest BCUT2D eigenvalue weighted by Gasteiger charge is 2.36. The highest BCUT2D eigenvalue weighted by molar-refractivity contribution is 5.88. The van der Waals surface area contributed by atoms with Gasteiger partial charge in [0.1, 0.15) is 0 Å². The first kappa shape index (κ1) is 20.4. The average molecular weight is 404 g/mol. The van der Waals surface area contributed by atoms with Crippen LogP contribution in [0.5, 0.6) is 0 Å². The summed E-state index contributed by atoms with van der Waals surface area (Å²) in [6.45, 7) is 4.30. The van der Waals surface area contributed by atoms with Gasteiger partial charge in [0.05, 0.1) is 17.2 Å². The van der Waals surface area contributed by atoms with Crippen molar-refractivity contribution in [1.82, 2.24) is 14.9 Å². The van der Waals surface area contributed by atoms with Crippen LogP contribution in [0, 0.1) is 11.3 Å². The molecule has 3 rings (SSSR count). The van der Waals surface area contributed by atoms with Gasteiger partial charge in [-0.15, -0.1) is 0 Å². The SMILES string of the molecule is CC1CN(c2ccc(C#N)c(C(F)(F)F)c2)C(C)CN1C(=O)Nc1ncccn1. The molecule has 0 aliphatic carbocycles. The van der Waals surface area contributed by atoms with E-state index in [1.165, 1.54) is 24.5 Å². The Morgan fingerprint density at radius 3 is 2.52 bits per heavy atom. The van der Waals surface area contributed by atoms with Gasteiger partial charge in [-0.1, -0.05) is 0 Å². The van der Waals surface area contributed by atoms with Crippen molar-refractivity contribution in [3.8, 4) is 6.07 Å². The molecule has 152 valence electrons. The number of carbonyl (C=O) groups is 1. The number of nitriles is 1. The number of hydrogen-bond acceptors (Lipinski definition) is 5. The monoisotopic (exact) mass is 404 g/mol. The summed E-state index contributed by atoms with van der Waals surface area (Å²) >= 11 is 0. The molecule has 1 aliphatic heterocycles. The number of carbonyl (C=O) groups excluding carboxylic acids is 1. The Labute approximate surface area is 165 Å². The fourth-order valence-electron chi connectivity index (χ4n) is 3.34. The molecule has 10 heteroatoms. The van der Waals surface area contributed by atoms with E-state index in [1.807, 2.05) is 18.7 Å². The molecular formula is C19H19F3N6O. The predicted molar refractivity (Wildman–Crippen MR) is 100 cm³/mol. The Kier molecular flexibility index (Phi) is 5.59. The summed E-state index contributed by atoms with van der Waals surface area (Å²) in [7, 11) is 0. The van der Waals surface area contributed by atoms with Crippen molar-refractivity contribution in [2.24, 2.45) is 0 Å². The van der Waals surface area contributed by atoms with E-state index in [9.17, 15) is 18.0 Å². The molecule has 2 amide bonds. The standard InChI is InChI=1S/C19H19F3N6O/c1-12-11-28(18(29)26-17-24-6-3-7-25-17)13(2)10-27(12)15-5-4-14(9-23)16(8-15)19(20,21)22/h3-8,12-13H,10-11H2,1-2H3,(H,24,25,26,29). The Balaban J connectivity index is 1.78. The first-order valence-electron chi connectivity index (χ1n) is 8.93. The zero-order valence-electron chi connectivity index (χ0n) is 15.8. The van der Waals surface area contributed by atoms with Crippen molar-refractivity contribution in [2.75, 3.05) is 23.3 Å². The van der Waals surface area contributed by atoms with Crippen molar-refractivity contribution in [2.45, 2.75) is 32.1 Å². The van der Waals surface area contributed by atoms with Crippen LogP contribution in [0.1, 0.15) is 25.0 Å². The third-order valence-electron chi connectivity index (χ3n) is 4.79. The highest BCUT2D eigenvalue weighted by atomic mass is 19.4. The molecule has 1 N–H and O–H groups in total. The van der Waals surface area contributed by atoms with E-state index in [0.29, 0.717) is 18.8 Å². The summed E-state index contributed by atoms with van der Waals surface area (Å²) in [5, 5.41) is 11.6. The molecule has 0 radical (unpaired) electrons. The van der Waals surface area contributed by atoms with E-state index in [-0.39, 0.29) is 24.1 Å². The third kappa shape index (κ3) is 4.39. The van der Waals surface area contributed by atoms with Crippen LogP contribution in [0.3, 0.4) is 0 Å². The molecular weight excluding hydrogens is 385 g/mol. The maximum Gasteiger partial charge on any atom is 0.417 e. The van der Waals surface area contributed by atoms with Crippen molar-refractivity contribution in [1.29, 1.82) is 5.26 Å². The maximum absolute atomic E-state index is 13.3. The van der Waals surface area contributed by atoms with Gasteiger partial charge in [-0.3, -0.25) is 5.32 Å². The number of piperazine rings is 1. The summed E-state index contributed by atoms with van der Waals surface area (Å²) in [6.07, 6.45) is -1.60. The first-order chi connectivity index (χ1) is 13.7. The smallest absolute Gasteiger partial charge is 0.365 e. The van der Waals surface area contributed by atoms with Crippen molar-refractivity contribution >= 4 is 17.7 Å². The Hall–Kier alpha value is -3.35. The van der Waals surface area contributed by atoms with Crippen LogP contribution in [0.15, 0.2) is 36.7 Å². The molecule has 1 aliphatic rings. The van der Waals surface area contributed by atoms with E-state index in [2.05, 4.69) is 15.3 Å². The highest BCUT2D eigenvalue weighted by Crippen LogP contribution is 2.35. The Morgan fingerprint density at radius 1 is 1.21 bits per heavy atom. The molecule has 2 aromatic rings. The van der Waals surface area contributed by atoms with Crippen LogP contribution in [0.25, 0.3) is 0 Å². The second-order valence-corrected chi connectivity index (χ2v) is 6.84. The molecule has 2 heterocycles. The molecule has 1 aromatic heterocycles. The van der Waals surface area contributed by atoms with E-state index in [1.54, 1.807) is 17.0 Å². The third-order valence-corrected chi connectivity index (χ3v) is 4.79. The second-order valence-electron chi connectivity index (χ2n) is 6.84. The van der Waals surface area contributed by atoms with Gasteiger partial charge in [-0.2, -0.15) is 18.4 Å². The molecule has 1 fully saturated rings. The molecule has 0 saturated carbocycles. The lowest BCUT2D eigenvalue weighted by atomic mass is 10.0. The van der Waals surface area contributed by atoms with Gasteiger partial charge in [0.15, 0.2) is 0 Å². The fourth-order valence-corrected chi connectivity index (χ4v) is 3.34. The lowest BCUT2D eigenvalue weighted by molar-refractivity contribution is -0.137.